The van der Waals surface area contributed by atoms with Crippen molar-refractivity contribution in [2.45, 2.75) is 18.8 Å². The number of piperidine rings is 1. The SMILES string of the molecule is O=C(c1cc(F)ccc1Br)N1CCCC(c2nc3ccccc3s2)C1. The van der Waals surface area contributed by atoms with Crippen molar-refractivity contribution in [3.05, 3.63) is 63.3 Å². The topological polar surface area (TPSA) is 33.2 Å². The van der Waals surface area contributed by atoms with Gasteiger partial charge in [-0.1, -0.05) is 12.1 Å². The maximum absolute atomic E-state index is 13.5. The lowest BCUT2D eigenvalue weighted by Crippen LogP contribution is -2.39. The minimum Gasteiger partial charge on any atom is -0.338 e. The zero-order valence-electron chi connectivity index (χ0n) is 13.4. The highest BCUT2D eigenvalue weighted by molar-refractivity contribution is 9.10. The zero-order chi connectivity index (χ0) is 17.4. The number of thiazole rings is 1. The number of rotatable bonds is 2. The number of nitrogens with zero attached hydrogens (tertiary/aromatic N) is 2. The molecule has 1 saturated heterocycles. The lowest BCUT2D eigenvalue weighted by Gasteiger charge is -2.32. The van der Waals surface area contributed by atoms with E-state index in [0.717, 1.165) is 23.4 Å². The van der Waals surface area contributed by atoms with Crippen LogP contribution in [0.25, 0.3) is 10.2 Å². The summed E-state index contributed by atoms with van der Waals surface area (Å²) < 4.78 is 15.3. The van der Waals surface area contributed by atoms with E-state index in [1.54, 1.807) is 17.4 Å². The molecule has 6 heteroatoms. The van der Waals surface area contributed by atoms with Crippen molar-refractivity contribution in [1.82, 2.24) is 9.88 Å². The molecule has 1 unspecified atom stereocenters. The number of halogens is 2. The van der Waals surface area contributed by atoms with Crippen molar-refractivity contribution in [2.75, 3.05) is 13.1 Å². The third-order valence-electron chi connectivity index (χ3n) is 4.53. The number of aromatic nitrogens is 1. The number of likely N-dealkylation sites (tertiary alicyclic amines) is 1. The summed E-state index contributed by atoms with van der Waals surface area (Å²) in [4.78, 5) is 19.4. The highest BCUT2D eigenvalue weighted by Crippen LogP contribution is 2.33. The van der Waals surface area contributed by atoms with Gasteiger partial charge in [-0.15, -0.1) is 11.3 Å². The van der Waals surface area contributed by atoms with Crippen molar-refractivity contribution in [3.8, 4) is 0 Å². The molecule has 1 aliphatic rings. The molecule has 1 amide bonds. The van der Waals surface area contributed by atoms with Gasteiger partial charge in [0.2, 0.25) is 0 Å². The maximum Gasteiger partial charge on any atom is 0.255 e. The summed E-state index contributed by atoms with van der Waals surface area (Å²) in [5.41, 5.74) is 1.39. The minimum atomic E-state index is -0.397. The van der Waals surface area contributed by atoms with Crippen molar-refractivity contribution in [3.63, 3.8) is 0 Å². The molecule has 0 N–H and O–H groups in total. The minimum absolute atomic E-state index is 0.128. The Morgan fingerprint density at radius 1 is 1.28 bits per heavy atom. The number of hydrogen-bond acceptors (Lipinski definition) is 3. The third kappa shape index (κ3) is 3.33. The molecule has 25 heavy (non-hydrogen) atoms. The van der Waals surface area contributed by atoms with E-state index in [1.807, 2.05) is 23.1 Å². The molecule has 0 spiro atoms. The number of carbonyl (C=O) groups excluding carboxylic acids is 1. The molecule has 2 aromatic carbocycles. The van der Waals surface area contributed by atoms with Crippen LogP contribution in [0.15, 0.2) is 46.9 Å². The number of hydrogen-bond donors (Lipinski definition) is 0. The fourth-order valence-corrected chi connectivity index (χ4v) is 4.77. The van der Waals surface area contributed by atoms with Crippen LogP contribution in [0.2, 0.25) is 0 Å². The van der Waals surface area contributed by atoms with E-state index in [2.05, 4.69) is 22.0 Å². The molecule has 128 valence electrons. The average Bonchev–Trinajstić information content (AvgIpc) is 3.07. The zero-order valence-corrected chi connectivity index (χ0v) is 15.8. The summed E-state index contributed by atoms with van der Waals surface area (Å²) in [6, 6.07) is 12.3. The third-order valence-corrected chi connectivity index (χ3v) is 6.42. The molecule has 0 bridgehead atoms. The lowest BCUT2D eigenvalue weighted by molar-refractivity contribution is 0.0705. The molecule has 1 aromatic heterocycles. The monoisotopic (exact) mass is 418 g/mol. The van der Waals surface area contributed by atoms with Gasteiger partial charge in [0.05, 0.1) is 20.8 Å². The van der Waals surface area contributed by atoms with Crippen LogP contribution in [0.5, 0.6) is 0 Å². The van der Waals surface area contributed by atoms with Crippen LogP contribution >= 0.6 is 27.3 Å². The quantitative estimate of drug-likeness (QED) is 0.571. The Labute approximate surface area is 157 Å². The van der Waals surface area contributed by atoms with Crippen LogP contribution in [0.4, 0.5) is 4.39 Å². The first kappa shape index (κ1) is 16.7. The summed E-state index contributed by atoms with van der Waals surface area (Å²) in [5.74, 6) is -0.286. The van der Waals surface area contributed by atoms with Gasteiger partial charge in [0.1, 0.15) is 5.82 Å². The fourth-order valence-electron chi connectivity index (χ4n) is 3.26. The largest absolute Gasteiger partial charge is 0.338 e. The normalized spacial score (nSPS) is 17.8. The molecule has 0 aliphatic carbocycles. The van der Waals surface area contributed by atoms with Gasteiger partial charge in [-0.2, -0.15) is 0 Å². The molecule has 3 nitrogen and oxygen atoms in total. The van der Waals surface area contributed by atoms with Crippen LogP contribution in [-0.2, 0) is 0 Å². The van der Waals surface area contributed by atoms with Crippen LogP contribution in [0.1, 0.15) is 34.1 Å². The maximum atomic E-state index is 13.5. The highest BCUT2D eigenvalue weighted by Gasteiger charge is 2.28. The first-order valence-corrected chi connectivity index (χ1v) is 9.82. The van der Waals surface area contributed by atoms with E-state index in [0.29, 0.717) is 23.1 Å². The van der Waals surface area contributed by atoms with Crippen LogP contribution in [0.3, 0.4) is 0 Å². The molecular formula is C19H16BrFN2OS. The van der Waals surface area contributed by atoms with E-state index < -0.39 is 5.82 Å². The van der Waals surface area contributed by atoms with Crippen LogP contribution < -0.4 is 0 Å². The average molecular weight is 419 g/mol. The molecule has 1 aliphatic heterocycles. The van der Waals surface area contributed by atoms with Gasteiger partial charge in [0.15, 0.2) is 0 Å². The molecule has 0 radical (unpaired) electrons. The number of para-hydroxylation sites is 1. The summed E-state index contributed by atoms with van der Waals surface area (Å²) >= 11 is 5.06. The summed E-state index contributed by atoms with van der Waals surface area (Å²) in [5, 5.41) is 1.08. The summed E-state index contributed by atoms with van der Waals surface area (Å²) in [6.07, 6.45) is 1.95. The van der Waals surface area contributed by atoms with Crippen LogP contribution in [-0.4, -0.2) is 28.9 Å². The number of fused-ring (bicyclic) bond motifs is 1. The first-order valence-electron chi connectivity index (χ1n) is 8.21. The second-order valence-electron chi connectivity index (χ2n) is 6.23. The van der Waals surface area contributed by atoms with E-state index in [4.69, 9.17) is 4.98 Å². The lowest BCUT2D eigenvalue weighted by atomic mass is 9.98. The number of benzene rings is 2. The Morgan fingerprint density at radius 3 is 2.96 bits per heavy atom. The summed E-state index contributed by atoms with van der Waals surface area (Å²) in [7, 11) is 0. The molecule has 1 atom stereocenters. The predicted molar refractivity (Wildman–Crippen MR) is 102 cm³/mol. The van der Waals surface area contributed by atoms with Crippen molar-refractivity contribution < 1.29 is 9.18 Å². The van der Waals surface area contributed by atoms with Gasteiger partial charge in [-0.05, 0) is 59.1 Å². The fraction of sp³-hybridized carbons (Fsp3) is 0.263. The van der Waals surface area contributed by atoms with E-state index in [1.165, 1.54) is 16.8 Å². The Hall–Kier alpha value is -1.79. The van der Waals surface area contributed by atoms with Crippen molar-refractivity contribution in [1.29, 1.82) is 0 Å². The smallest absolute Gasteiger partial charge is 0.255 e. The van der Waals surface area contributed by atoms with Gasteiger partial charge in [-0.25, -0.2) is 9.37 Å². The Bertz CT molecular complexity index is 909. The second kappa shape index (κ2) is 6.84. The van der Waals surface area contributed by atoms with E-state index in [-0.39, 0.29) is 11.8 Å². The van der Waals surface area contributed by atoms with Gasteiger partial charge >= 0.3 is 0 Å². The number of amides is 1. The number of carbonyl (C=O) groups is 1. The van der Waals surface area contributed by atoms with Crippen molar-refractivity contribution in [2.24, 2.45) is 0 Å². The van der Waals surface area contributed by atoms with Crippen molar-refractivity contribution >= 4 is 43.4 Å². The molecule has 3 aromatic rings. The second-order valence-corrected chi connectivity index (χ2v) is 8.15. The van der Waals surface area contributed by atoms with Gasteiger partial charge < -0.3 is 4.90 Å². The predicted octanol–water partition coefficient (Wildman–Crippen LogP) is 5.22. The Kier molecular flexibility index (Phi) is 4.56. The Balaban J connectivity index is 1.58. The molecule has 0 saturated carbocycles. The van der Waals surface area contributed by atoms with Crippen LogP contribution in [0, 0.1) is 5.82 Å². The first-order chi connectivity index (χ1) is 12.1. The highest BCUT2D eigenvalue weighted by atomic mass is 79.9. The molecule has 2 heterocycles. The standard InChI is InChI=1S/C19H16BrFN2OS/c20-15-8-7-13(21)10-14(15)19(24)23-9-3-4-12(11-23)18-22-16-5-1-2-6-17(16)25-18/h1-2,5-8,10,12H,3-4,9,11H2. The van der Waals surface area contributed by atoms with Gasteiger partial charge in [0.25, 0.3) is 5.91 Å². The molecule has 4 rings (SSSR count). The summed E-state index contributed by atoms with van der Waals surface area (Å²) in [6.45, 7) is 1.32. The van der Waals surface area contributed by atoms with E-state index in [9.17, 15) is 9.18 Å². The van der Waals surface area contributed by atoms with Gasteiger partial charge in [0, 0.05) is 23.5 Å². The van der Waals surface area contributed by atoms with E-state index >= 15 is 0 Å². The molecular weight excluding hydrogens is 403 g/mol. The molecule has 1 fully saturated rings. The van der Waals surface area contributed by atoms with Gasteiger partial charge in [-0.3, -0.25) is 4.79 Å². The Morgan fingerprint density at radius 2 is 2.12 bits per heavy atom.